The lowest BCUT2D eigenvalue weighted by Gasteiger charge is -2.32. The minimum absolute atomic E-state index is 0.0359. The Morgan fingerprint density at radius 3 is 2.26 bits per heavy atom. The van der Waals surface area contributed by atoms with Crippen LogP contribution in [0, 0.1) is 12.8 Å². The molecule has 2 N–H and O–H groups in total. The third-order valence-corrected chi connectivity index (χ3v) is 5.35. The highest BCUT2D eigenvalue weighted by Gasteiger charge is 2.46. The summed E-state index contributed by atoms with van der Waals surface area (Å²) in [4.78, 5) is 51.9. The predicted molar refractivity (Wildman–Crippen MR) is 127 cm³/mol. The third-order valence-electron chi connectivity index (χ3n) is 5.35. The van der Waals surface area contributed by atoms with E-state index in [0.29, 0.717) is 5.56 Å². The molecule has 188 valence electrons. The molecule has 0 saturated heterocycles. The zero-order valence-electron chi connectivity index (χ0n) is 21.0. The SMILES string of the molecule is CCOC(=O)CCNC(=O)C(c1ccc(C)cc1)N(C(=O)CNC(=O)OC(C)(C)C)C1CC1C. The monoisotopic (exact) mass is 475 g/mol. The van der Waals surface area contributed by atoms with Gasteiger partial charge in [-0.15, -0.1) is 0 Å². The number of nitrogens with zero attached hydrogens (tertiary/aromatic N) is 1. The van der Waals surface area contributed by atoms with Crippen LogP contribution in [0.1, 0.15) is 64.6 Å². The van der Waals surface area contributed by atoms with Crippen LogP contribution in [0.5, 0.6) is 0 Å². The summed E-state index contributed by atoms with van der Waals surface area (Å²) < 4.78 is 10.1. The quantitative estimate of drug-likeness (QED) is 0.503. The van der Waals surface area contributed by atoms with Crippen molar-refractivity contribution in [3.63, 3.8) is 0 Å². The summed E-state index contributed by atoms with van der Waals surface area (Å²) in [5.74, 6) is -0.949. The van der Waals surface area contributed by atoms with Gasteiger partial charge in [-0.3, -0.25) is 14.4 Å². The van der Waals surface area contributed by atoms with Gasteiger partial charge in [-0.25, -0.2) is 4.79 Å². The summed E-state index contributed by atoms with van der Waals surface area (Å²) in [5, 5.41) is 5.27. The van der Waals surface area contributed by atoms with E-state index < -0.39 is 29.6 Å². The van der Waals surface area contributed by atoms with Crippen LogP contribution >= 0.6 is 0 Å². The Morgan fingerprint density at radius 2 is 1.74 bits per heavy atom. The number of carbonyl (C=O) groups excluding carboxylic acids is 4. The number of hydrogen-bond acceptors (Lipinski definition) is 6. The van der Waals surface area contributed by atoms with Gasteiger partial charge in [0.15, 0.2) is 0 Å². The van der Waals surface area contributed by atoms with E-state index in [1.54, 1.807) is 32.6 Å². The second kappa shape index (κ2) is 11.9. The van der Waals surface area contributed by atoms with Crippen LogP contribution in [0.3, 0.4) is 0 Å². The fourth-order valence-corrected chi connectivity index (χ4v) is 3.57. The van der Waals surface area contributed by atoms with Gasteiger partial charge in [0, 0.05) is 12.6 Å². The molecule has 0 heterocycles. The molecule has 0 aromatic heterocycles. The van der Waals surface area contributed by atoms with Crippen LogP contribution in [0.15, 0.2) is 24.3 Å². The molecule has 1 aromatic carbocycles. The highest BCUT2D eigenvalue weighted by atomic mass is 16.6. The van der Waals surface area contributed by atoms with Crippen LogP contribution < -0.4 is 10.6 Å². The Labute approximate surface area is 201 Å². The molecule has 2 rings (SSSR count). The molecular weight excluding hydrogens is 438 g/mol. The Bertz CT molecular complexity index is 878. The van der Waals surface area contributed by atoms with E-state index in [-0.39, 0.29) is 44.0 Å². The summed E-state index contributed by atoms with van der Waals surface area (Å²) in [6.45, 7) is 10.9. The molecule has 0 bridgehead atoms. The Morgan fingerprint density at radius 1 is 1.12 bits per heavy atom. The van der Waals surface area contributed by atoms with Gasteiger partial charge in [-0.2, -0.15) is 0 Å². The zero-order valence-corrected chi connectivity index (χ0v) is 21.0. The lowest BCUT2D eigenvalue weighted by atomic mass is 10.0. The number of alkyl carbamates (subject to hydrolysis) is 1. The first-order valence-corrected chi connectivity index (χ1v) is 11.7. The van der Waals surface area contributed by atoms with Crippen molar-refractivity contribution >= 4 is 23.9 Å². The number of rotatable bonds is 10. The number of esters is 1. The van der Waals surface area contributed by atoms with Crippen molar-refractivity contribution in [1.82, 2.24) is 15.5 Å². The smallest absolute Gasteiger partial charge is 0.408 e. The minimum Gasteiger partial charge on any atom is -0.466 e. The molecule has 0 radical (unpaired) electrons. The summed E-state index contributed by atoms with van der Waals surface area (Å²) in [7, 11) is 0. The minimum atomic E-state index is -0.898. The lowest BCUT2D eigenvalue weighted by Crippen LogP contribution is -2.49. The van der Waals surface area contributed by atoms with Crippen molar-refractivity contribution in [3.8, 4) is 0 Å². The van der Waals surface area contributed by atoms with E-state index >= 15 is 0 Å². The third kappa shape index (κ3) is 8.35. The van der Waals surface area contributed by atoms with Crippen LogP contribution in [0.25, 0.3) is 0 Å². The number of amides is 3. The highest BCUT2D eigenvalue weighted by Crippen LogP contribution is 2.40. The number of benzene rings is 1. The van der Waals surface area contributed by atoms with Crippen LogP contribution in [0.4, 0.5) is 4.79 Å². The second-order valence-corrected chi connectivity index (χ2v) is 9.60. The standard InChI is InChI=1S/C25H37N3O6/c1-7-33-21(30)12-13-26-23(31)22(18-10-8-16(2)9-11-18)28(19-14-17(19)3)20(29)15-27-24(32)34-25(4,5)6/h8-11,17,19,22H,7,12-15H2,1-6H3,(H,26,31)(H,27,32). The summed E-state index contributed by atoms with van der Waals surface area (Å²) in [6.07, 6.45) is 0.0978. The van der Waals surface area contributed by atoms with Gasteiger partial charge in [0.25, 0.3) is 0 Å². The highest BCUT2D eigenvalue weighted by molar-refractivity contribution is 5.91. The van der Waals surface area contributed by atoms with Crippen molar-refractivity contribution in [2.75, 3.05) is 19.7 Å². The number of ether oxygens (including phenoxy) is 2. The lowest BCUT2D eigenvalue weighted by molar-refractivity contribution is -0.144. The van der Waals surface area contributed by atoms with Crippen LogP contribution in [-0.2, 0) is 23.9 Å². The summed E-state index contributed by atoms with van der Waals surface area (Å²) in [5.41, 5.74) is 0.986. The maximum Gasteiger partial charge on any atom is 0.408 e. The predicted octanol–water partition coefficient (Wildman–Crippen LogP) is 2.87. The van der Waals surface area contributed by atoms with Crippen molar-refractivity contribution in [2.24, 2.45) is 5.92 Å². The van der Waals surface area contributed by atoms with E-state index in [0.717, 1.165) is 12.0 Å². The summed E-state index contributed by atoms with van der Waals surface area (Å²) >= 11 is 0. The van der Waals surface area contributed by atoms with Crippen molar-refractivity contribution in [3.05, 3.63) is 35.4 Å². The molecule has 1 aromatic rings. The Hall–Kier alpha value is -3.10. The van der Waals surface area contributed by atoms with E-state index in [2.05, 4.69) is 10.6 Å². The molecule has 9 heteroatoms. The van der Waals surface area contributed by atoms with Crippen molar-refractivity contribution in [2.45, 2.75) is 72.1 Å². The number of nitrogens with one attached hydrogen (secondary N) is 2. The summed E-state index contributed by atoms with van der Waals surface area (Å²) in [6, 6.07) is 6.37. The topological polar surface area (TPSA) is 114 Å². The molecule has 34 heavy (non-hydrogen) atoms. The van der Waals surface area contributed by atoms with Crippen molar-refractivity contribution in [1.29, 1.82) is 0 Å². The average molecular weight is 476 g/mol. The maximum atomic E-state index is 13.3. The second-order valence-electron chi connectivity index (χ2n) is 9.60. The first-order valence-electron chi connectivity index (χ1n) is 11.7. The number of aryl methyl sites for hydroxylation is 1. The zero-order chi connectivity index (χ0) is 25.5. The number of carbonyl (C=O) groups is 4. The fourth-order valence-electron chi connectivity index (χ4n) is 3.57. The first kappa shape index (κ1) is 27.1. The van der Waals surface area contributed by atoms with Gasteiger partial charge >= 0.3 is 12.1 Å². The molecule has 1 fully saturated rings. The van der Waals surface area contributed by atoms with E-state index in [9.17, 15) is 19.2 Å². The number of hydrogen-bond donors (Lipinski definition) is 2. The Balaban J connectivity index is 2.22. The van der Waals surface area contributed by atoms with Crippen LogP contribution in [-0.4, -0.2) is 60.1 Å². The van der Waals surface area contributed by atoms with Gasteiger partial charge in [-0.05, 0) is 52.5 Å². The van der Waals surface area contributed by atoms with E-state index in [4.69, 9.17) is 9.47 Å². The average Bonchev–Trinajstić information content (AvgIpc) is 3.45. The maximum absolute atomic E-state index is 13.3. The van der Waals surface area contributed by atoms with Crippen molar-refractivity contribution < 1.29 is 28.7 Å². The molecular formula is C25H37N3O6. The van der Waals surface area contributed by atoms with E-state index in [1.807, 2.05) is 38.1 Å². The van der Waals surface area contributed by atoms with Gasteiger partial charge in [0.1, 0.15) is 18.2 Å². The molecule has 3 unspecified atom stereocenters. The molecule has 0 aliphatic heterocycles. The van der Waals surface area contributed by atoms with Crippen LogP contribution in [0.2, 0.25) is 0 Å². The van der Waals surface area contributed by atoms with E-state index in [1.165, 1.54) is 0 Å². The fraction of sp³-hybridized carbons (Fsp3) is 0.600. The molecule has 1 saturated carbocycles. The Kier molecular flexibility index (Phi) is 9.46. The van der Waals surface area contributed by atoms with Gasteiger partial charge in [-0.1, -0.05) is 36.8 Å². The molecule has 1 aliphatic carbocycles. The largest absolute Gasteiger partial charge is 0.466 e. The van der Waals surface area contributed by atoms with Gasteiger partial charge in [0.2, 0.25) is 11.8 Å². The normalized spacial score (nSPS) is 17.8. The van der Waals surface area contributed by atoms with Gasteiger partial charge in [0.05, 0.1) is 13.0 Å². The molecule has 9 nitrogen and oxygen atoms in total. The van der Waals surface area contributed by atoms with Gasteiger partial charge < -0.3 is 25.0 Å². The molecule has 1 aliphatic rings. The molecule has 3 amide bonds. The molecule has 0 spiro atoms. The first-order chi connectivity index (χ1) is 15.9. The molecule has 3 atom stereocenters.